The van der Waals surface area contributed by atoms with E-state index in [9.17, 15) is 9.59 Å². The molecule has 1 fully saturated rings. The molecule has 2 aliphatic heterocycles. The number of aliphatic hydroxyl groups is 1. The smallest absolute Gasteiger partial charge is 0.288 e. The lowest BCUT2D eigenvalue weighted by Gasteiger charge is -2.38. The van der Waals surface area contributed by atoms with E-state index >= 15 is 0 Å². The fourth-order valence-electron chi connectivity index (χ4n) is 4.64. The Labute approximate surface area is 215 Å². The summed E-state index contributed by atoms with van der Waals surface area (Å²) >= 11 is 0. The summed E-state index contributed by atoms with van der Waals surface area (Å²) in [7, 11) is 0. The van der Waals surface area contributed by atoms with Crippen molar-refractivity contribution in [2.75, 3.05) is 65.9 Å². The number of fused-ring (bicyclic) bond motifs is 1. The average molecular weight is 518 g/mol. The highest BCUT2D eigenvalue weighted by Gasteiger charge is 2.40. The number of nitrogens with zero attached hydrogens (tertiary/aromatic N) is 1. The predicted molar refractivity (Wildman–Crippen MR) is 134 cm³/mol. The number of ether oxygens (including phenoxy) is 5. The normalized spacial score (nSPS) is 22.1. The second-order valence-corrected chi connectivity index (χ2v) is 8.82. The molecule has 1 saturated heterocycles. The molecule has 10 nitrogen and oxygen atoms in total. The van der Waals surface area contributed by atoms with Crippen LogP contribution in [0.2, 0.25) is 0 Å². The minimum atomic E-state index is -0.750. The maximum Gasteiger partial charge on any atom is 0.288 e. The van der Waals surface area contributed by atoms with Gasteiger partial charge in [-0.25, -0.2) is 0 Å². The standard InChI is InChI=1S/C27H35NO9/c1-2-35-27-19(7-11-32-15-16-34-14-10-29)21(17-24(37-27)26(31)28-8-12-33-13-9-28)22-18-36-23-6-4-3-5-20(23)25(22)30/h3-6,17-19,21,27,29H,2,7-16H2,1H3/t19-,21+,27-/m1/s1. The van der Waals surface area contributed by atoms with Crippen LogP contribution in [0.1, 0.15) is 24.8 Å². The van der Waals surface area contributed by atoms with Gasteiger partial charge in [0.15, 0.2) is 11.2 Å². The van der Waals surface area contributed by atoms with Gasteiger partial charge in [-0.05, 0) is 31.6 Å². The van der Waals surface area contributed by atoms with Gasteiger partial charge in [0.25, 0.3) is 5.91 Å². The summed E-state index contributed by atoms with van der Waals surface area (Å²) < 4.78 is 34.2. The van der Waals surface area contributed by atoms with Gasteiger partial charge in [-0.3, -0.25) is 9.59 Å². The monoisotopic (exact) mass is 517 g/mol. The van der Waals surface area contributed by atoms with Crippen molar-refractivity contribution in [3.8, 4) is 0 Å². The van der Waals surface area contributed by atoms with E-state index in [0.29, 0.717) is 75.7 Å². The van der Waals surface area contributed by atoms with Crippen LogP contribution >= 0.6 is 0 Å². The van der Waals surface area contributed by atoms with Gasteiger partial charge in [-0.15, -0.1) is 0 Å². The van der Waals surface area contributed by atoms with Crippen molar-refractivity contribution in [1.82, 2.24) is 4.90 Å². The molecule has 3 atom stereocenters. The molecule has 1 amide bonds. The second kappa shape index (κ2) is 13.7. The number of amides is 1. The van der Waals surface area contributed by atoms with Crippen molar-refractivity contribution < 1.29 is 38.0 Å². The number of hydrogen-bond donors (Lipinski definition) is 1. The second-order valence-electron chi connectivity index (χ2n) is 8.82. The number of aliphatic hydroxyl groups excluding tert-OH is 1. The summed E-state index contributed by atoms with van der Waals surface area (Å²) in [5, 5.41) is 9.30. The molecule has 1 aromatic carbocycles. The van der Waals surface area contributed by atoms with Crippen molar-refractivity contribution in [1.29, 1.82) is 0 Å². The first-order chi connectivity index (χ1) is 18.1. The van der Waals surface area contributed by atoms with Gasteiger partial charge in [0.05, 0.1) is 51.3 Å². The van der Waals surface area contributed by atoms with Crippen LogP contribution in [0.15, 0.2) is 51.6 Å². The molecule has 37 heavy (non-hydrogen) atoms. The molecule has 1 aromatic heterocycles. The predicted octanol–water partition coefficient (Wildman–Crippen LogP) is 2.04. The van der Waals surface area contributed by atoms with Crippen LogP contribution in [0.3, 0.4) is 0 Å². The highest BCUT2D eigenvalue weighted by Crippen LogP contribution is 2.38. The molecular weight excluding hydrogens is 482 g/mol. The zero-order valence-electron chi connectivity index (χ0n) is 21.1. The van der Waals surface area contributed by atoms with E-state index in [1.165, 1.54) is 6.26 Å². The van der Waals surface area contributed by atoms with E-state index in [4.69, 9.17) is 33.2 Å². The molecular formula is C27H35NO9. The molecule has 1 N–H and O–H groups in total. The Kier molecular flexibility index (Phi) is 10.1. The lowest BCUT2D eigenvalue weighted by atomic mass is 9.81. The molecule has 0 unspecified atom stereocenters. The first-order valence-electron chi connectivity index (χ1n) is 12.8. The van der Waals surface area contributed by atoms with Crippen molar-refractivity contribution in [2.45, 2.75) is 25.6 Å². The van der Waals surface area contributed by atoms with E-state index in [1.54, 1.807) is 29.2 Å². The van der Waals surface area contributed by atoms with Gasteiger partial charge >= 0.3 is 0 Å². The van der Waals surface area contributed by atoms with Crippen LogP contribution in [-0.4, -0.2) is 88.1 Å². The van der Waals surface area contributed by atoms with Crippen LogP contribution in [-0.2, 0) is 28.5 Å². The molecule has 2 aliphatic rings. The Morgan fingerprint density at radius 3 is 2.62 bits per heavy atom. The minimum absolute atomic E-state index is 0.0384. The summed E-state index contributed by atoms with van der Waals surface area (Å²) in [5.74, 6) is -0.879. The average Bonchev–Trinajstić information content (AvgIpc) is 2.93. The molecule has 0 bridgehead atoms. The Balaban J connectivity index is 1.63. The highest BCUT2D eigenvalue weighted by molar-refractivity contribution is 5.92. The number of morpholine rings is 1. The van der Waals surface area contributed by atoms with E-state index < -0.39 is 12.2 Å². The van der Waals surface area contributed by atoms with Crippen LogP contribution in [0, 0.1) is 5.92 Å². The number of para-hydroxylation sites is 1. The molecule has 2 aromatic rings. The Bertz CT molecular complexity index is 1110. The van der Waals surface area contributed by atoms with E-state index in [-0.39, 0.29) is 36.2 Å². The topological polar surface area (TPSA) is 117 Å². The summed E-state index contributed by atoms with van der Waals surface area (Å²) in [4.78, 5) is 28.6. The van der Waals surface area contributed by atoms with Crippen LogP contribution < -0.4 is 5.43 Å². The van der Waals surface area contributed by atoms with Crippen LogP contribution in [0.4, 0.5) is 0 Å². The quantitative estimate of drug-likeness (QED) is 0.422. The van der Waals surface area contributed by atoms with Crippen molar-refractivity contribution in [3.05, 3.63) is 58.2 Å². The van der Waals surface area contributed by atoms with Gasteiger partial charge in [0, 0.05) is 43.7 Å². The molecule has 10 heteroatoms. The van der Waals surface area contributed by atoms with Crippen molar-refractivity contribution in [3.63, 3.8) is 0 Å². The Morgan fingerprint density at radius 2 is 1.86 bits per heavy atom. The third-order valence-electron chi connectivity index (χ3n) is 6.49. The number of carbonyl (C=O) groups excluding carboxylic acids is 1. The highest BCUT2D eigenvalue weighted by atomic mass is 16.7. The van der Waals surface area contributed by atoms with Gasteiger partial charge in [-0.2, -0.15) is 0 Å². The molecule has 3 heterocycles. The Hall–Kier alpha value is -2.76. The fraction of sp³-hybridized carbons (Fsp3) is 0.556. The third kappa shape index (κ3) is 6.77. The SMILES string of the molecule is CCO[C@@H]1OC(C(=O)N2CCOCC2)=C[C@H](c2coc3ccccc3c2=O)[C@H]1CCOCCOCCO. The van der Waals surface area contributed by atoms with Crippen LogP contribution in [0.5, 0.6) is 0 Å². The molecule has 202 valence electrons. The lowest BCUT2D eigenvalue weighted by Crippen LogP contribution is -2.45. The number of carbonyl (C=O) groups is 1. The molecule has 0 radical (unpaired) electrons. The third-order valence-corrected chi connectivity index (χ3v) is 6.49. The molecule has 4 rings (SSSR count). The first kappa shape index (κ1) is 27.3. The number of benzene rings is 1. The largest absolute Gasteiger partial charge is 0.464 e. The minimum Gasteiger partial charge on any atom is -0.464 e. The van der Waals surface area contributed by atoms with Crippen LogP contribution in [0.25, 0.3) is 11.0 Å². The first-order valence-corrected chi connectivity index (χ1v) is 12.8. The number of rotatable bonds is 12. The van der Waals surface area contributed by atoms with E-state index in [0.717, 1.165) is 0 Å². The van der Waals surface area contributed by atoms with Crippen molar-refractivity contribution in [2.24, 2.45) is 5.92 Å². The van der Waals surface area contributed by atoms with E-state index in [2.05, 4.69) is 0 Å². The van der Waals surface area contributed by atoms with Gasteiger partial charge in [0.2, 0.25) is 6.29 Å². The Morgan fingerprint density at radius 1 is 1.11 bits per heavy atom. The fourth-order valence-corrected chi connectivity index (χ4v) is 4.64. The maximum absolute atomic E-state index is 13.5. The number of allylic oxidation sites excluding steroid dienone is 1. The van der Waals surface area contributed by atoms with Crippen molar-refractivity contribution >= 4 is 16.9 Å². The molecule has 0 spiro atoms. The summed E-state index contributed by atoms with van der Waals surface area (Å²) in [6.07, 6.45) is 2.97. The van der Waals surface area contributed by atoms with Gasteiger partial charge in [0.1, 0.15) is 5.58 Å². The van der Waals surface area contributed by atoms with E-state index in [1.807, 2.05) is 13.0 Å². The zero-order chi connectivity index (χ0) is 26.0. The lowest BCUT2D eigenvalue weighted by molar-refractivity contribution is -0.173. The van der Waals surface area contributed by atoms with Gasteiger partial charge in [-0.1, -0.05) is 12.1 Å². The summed E-state index contributed by atoms with van der Waals surface area (Å²) in [5.41, 5.74) is 0.790. The summed E-state index contributed by atoms with van der Waals surface area (Å²) in [6, 6.07) is 7.09. The summed E-state index contributed by atoms with van der Waals surface area (Å²) in [6.45, 7) is 5.43. The number of hydrogen-bond acceptors (Lipinski definition) is 9. The zero-order valence-corrected chi connectivity index (χ0v) is 21.1. The van der Waals surface area contributed by atoms with Gasteiger partial charge < -0.3 is 38.1 Å². The molecule has 0 saturated carbocycles. The molecule has 0 aliphatic carbocycles. The maximum atomic E-state index is 13.5.